The molecule has 3 fully saturated rings. The quantitative estimate of drug-likeness (QED) is 0.0781. The van der Waals surface area contributed by atoms with Crippen molar-refractivity contribution >= 4 is 52.1 Å². The second-order valence-electron chi connectivity index (χ2n) is 17.1. The number of nitrogens with one attached hydrogen (secondary N) is 1. The topological polar surface area (TPSA) is 165 Å². The zero-order valence-electron chi connectivity index (χ0n) is 35.3. The van der Waals surface area contributed by atoms with Crippen molar-refractivity contribution in [1.29, 1.82) is 0 Å². The van der Waals surface area contributed by atoms with Crippen molar-refractivity contribution in [2.75, 3.05) is 23.9 Å². The summed E-state index contributed by atoms with van der Waals surface area (Å²) in [5, 5.41) is 27.2. The van der Waals surface area contributed by atoms with Gasteiger partial charge in [0.05, 0.1) is 41.4 Å². The Balaban J connectivity index is 1.19. The zero-order chi connectivity index (χ0) is 45.1. The molecular weight excluding hydrogens is 836 g/mol. The number of ether oxygens (including phenoxy) is 1. The third-order valence-corrected chi connectivity index (χ3v) is 13.5. The molecule has 13 nitrogen and oxygen atoms in total. The summed E-state index contributed by atoms with van der Waals surface area (Å²) in [5.74, 6) is -3.97. The van der Waals surface area contributed by atoms with E-state index in [1.807, 2.05) is 18.2 Å². The van der Waals surface area contributed by atoms with Gasteiger partial charge in [-0.2, -0.15) is 0 Å². The van der Waals surface area contributed by atoms with E-state index in [9.17, 15) is 34.6 Å². The van der Waals surface area contributed by atoms with Crippen molar-refractivity contribution in [1.82, 2.24) is 4.90 Å². The van der Waals surface area contributed by atoms with Crippen molar-refractivity contribution < 1.29 is 37.7 Å². The number of carbonyl (C=O) groups excluding carboxylic acids is 3. The molecule has 0 unspecified atom stereocenters. The third-order valence-electron chi connectivity index (χ3n) is 13.1. The molecule has 4 aromatic rings. The van der Waals surface area contributed by atoms with Gasteiger partial charge in [-0.3, -0.25) is 34.6 Å². The van der Waals surface area contributed by atoms with E-state index >= 15 is 8.78 Å². The van der Waals surface area contributed by atoms with E-state index in [-0.39, 0.29) is 58.4 Å². The fourth-order valence-electron chi connectivity index (χ4n) is 9.87. The number of nitro groups is 2. The lowest BCUT2D eigenvalue weighted by molar-refractivity contribution is -0.384. The predicted molar refractivity (Wildman–Crippen MR) is 233 cm³/mol. The van der Waals surface area contributed by atoms with Crippen LogP contribution < -0.4 is 10.2 Å². The highest BCUT2D eigenvalue weighted by Gasteiger charge is 2.41. The number of benzene rings is 4. The molecular formula is C47H50ClF2N5O8. The molecule has 3 aliphatic rings. The first kappa shape index (κ1) is 45.1. The molecule has 1 saturated carbocycles. The van der Waals surface area contributed by atoms with Crippen LogP contribution in [0.5, 0.6) is 0 Å². The van der Waals surface area contributed by atoms with E-state index < -0.39 is 63.1 Å². The summed E-state index contributed by atoms with van der Waals surface area (Å²) in [6, 6.07) is 19.1. The number of nitrogens with zero attached hydrogens (tertiary/aromatic N) is 4. The lowest BCUT2D eigenvalue weighted by atomic mass is 9.76. The number of hydrogen-bond acceptors (Lipinski definition) is 9. The molecule has 2 saturated heterocycles. The number of amides is 2. The van der Waals surface area contributed by atoms with Crippen molar-refractivity contribution in [3.05, 3.63) is 138 Å². The van der Waals surface area contributed by atoms with Gasteiger partial charge in [-0.05, 0) is 110 Å². The molecule has 1 aliphatic carbocycles. The molecule has 63 heavy (non-hydrogen) atoms. The minimum atomic E-state index is -0.933. The number of likely N-dealkylation sites (tertiary alicyclic amines) is 1. The van der Waals surface area contributed by atoms with Gasteiger partial charge >= 0.3 is 5.97 Å². The number of anilines is 2. The maximum absolute atomic E-state index is 16.4. The number of esters is 1. The zero-order valence-corrected chi connectivity index (χ0v) is 36.1. The summed E-state index contributed by atoms with van der Waals surface area (Å²) in [7, 11) is 1.24. The Morgan fingerprint density at radius 1 is 0.794 bits per heavy atom. The summed E-state index contributed by atoms with van der Waals surface area (Å²) in [6.45, 7) is 3.87. The highest BCUT2D eigenvalue weighted by molar-refractivity contribution is 6.32. The molecule has 0 radical (unpaired) electrons. The van der Waals surface area contributed by atoms with Crippen molar-refractivity contribution in [2.24, 2.45) is 11.8 Å². The molecule has 332 valence electrons. The van der Waals surface area contributed by atoms with Gasteiger partial charge in [0.25, 0.3) is 11.4 Å². The molecule has 0 bridgehead atoms. The van der Waals surface area contributed by atoms with Crippen LogP contribution in [0.4, 0.5) is 31.5 Å². The molecule has 2 heterocycles. The molecule has 4 atom stereocenters. The number of rotatable bonds is 13. The molecule has 16 heteroatoms. The van der Waals surface area contributed by atoms with E-state index in [1.165, 1.54) is 54.0 Å². The average Bonchev–Trinajstić information content (AvgIpc) is 3.95. The average molecular weight is 886 g/mol. The first-order chi connectivity index (χ1) is 30.2. The largest absolute Gasteiger partial charge is 0.469 e. The van der Waals surface area contributed by atoms with Crippen LogP contribution in [0.1, 0.15) is 118 Å². The number of methoxy groups -OCH3 is 1. The van der Waals surface area contributed by atoms with Gasteiger partial charge in [0.2, 0.25) is 11.8 Å². The van der Waals surface area contributed by atoms with E-state index in [0.29, 0.717) is 55.6 Å². The Hall–Kier alpha value is -5.96. The number of hydrogen-bond donors (Lipinski definition) is 1. The number of nitro benzene ring substituents is 2. The van der Waals surface area contributed by atoms with Gasteiger partial charge in [-0.15, -0.1) is 0 Å². The first-order valence-corrected chi connectivity index (χ1v) is 21.8. The van der Waals surface area contributed by atoms with Gasteiger partial charge in [-0.25, -0.2) is 8.78 Å². The Morgan fingerprint density at radius 2 is 1.38 bits per heavy atom. The molecule has 2 aliphatic heterocycles. The Kier molecular flexibility index (Phi) is 13.7. The monoisotopic (exact) mass is 885 g/mol. The van der Waals surface area contributed by atoms with E-state index in [0.717, 1.165) is 12.8 Å². The summed E-state index contributed by atoms with van der Waals surface area (Å²) in [5.41, 5.74) is 1.38. The van der Waals surface area contributed by atoms with Gasteiger partial charge in [0.15, 0.2) is 0 Å². The summed E-state index contributed by atoms with van der Waals surface area (Å²) < 4.78 is 37.6. The highest BCUT2D eigenvalue weighted by atomic mass is 35.5. The number of halogens is 3. The van der Waals surface area contributed by atoms with Crippen LogP contribution in [0.15, 0.2) is 78.9 Å². The van der Waals surface area contributed by atoms with Crippen LogP contribution in [0.2, 0.25) is 5.02 Å². The summed E-state index contributed by atoms with van der Waals surface area (Å²) in [6.07, 6.45) is 4.15. The van der Waals surface area contributed by atoms with E-state index in [1.54, 1.807) is 30.9 Å². The Labute approximate surface area is 369 Å². The lowest BCUT2D eigenvalue weighted by Gasteiger charge is -2.34. The normalized spacial score (nSPS) is 21.6. The number of carbonyl (C=O) groups is 3. The van der Waals surface area contributed by atoms with Crippen molar-refractivity contribution in [2.45, 2.75) is 102 Å². The highest BCUT2D eigenvalue weighted by Crippen LogP contribution is 2.50. The molecule has 2 amide bonds. The Bertz CT molecular complexity index is 2370. The van der Waals surface area contributed by atoms with Gasteiger partial charge in [0, 0.05) is 29.9 Å². The van der Waals surface area contributed by atoms with Crippen LogP contribution in [-0.2, 0) is 19.1 Å². The van der Waals surface area contributed by atoms with Gasteiger partial charge in [0.1, 0.15) is 28.4 Å². The summed E-state index contributed by atoms with van der Waals surface area (Å²) >= 11 is 6.18. The summed E-state index contributed by atoms with van der Waals surface area (Å²) in [4.78, 5) is 66.1. The lowest BCUT2D eigenvalue weighted by Crippen LogP contribution is -2.47. The van der Waals surface area contributed by atoms with Crippen LogP contribution in [0.25, 0.3) is 0 Å². The maximum atomic E-state index is 16.4. The van der Waals surface area contributed by atoms with Crippen LogP contribution in [0.3, 0.4) is 0 Å². The van der Waals surface area contributed by atoms with Crippen LogP contribution in [0, 0.1) is 43.7 Å². The van der Waals surface area contributed by atoms with E-state index in [4.69, 9.17) is 16.3 Å². The fraction of sp³-hybridized carbons (Fsp3) is 0.426. The molecule has 4 aromatic carbocycles. The van der Waals surface area contributed by atoms with Gasteiger partial charge in [-0.1, -0.05) is 67.9 Å². The predicted octanol–water partition coefficient (Wildman–Crippen LogP) is 10.7. The molecule has 1 N–H and O–H groups in total. The minimum absolute atomic E-state index is 0.0149. The van der Waals surface area contributed by atoms with Crippen molar-refractivity contribution in [3.8, 4) is 0 Å². The second kappa shape index (κ2) is 19.2. The van der Waals surface area contributed by atoms with E-state index in [2.05, 4.69) is 17.4 Å². The molecule has 0 spiro atoms. The van der Waals surface area contributed by atoms with Crippen molar-refractivity contribution in [3.63, 3.8) is 0 Å². The smallest absolute Gasteiger partial charge is 0.306 e. The molecule has 0 aromatic heterocycles. The first-order valence-electron chi connectivity index (χ1n) is 21.4. The standard InChI is InChI=1S/C47H50ClF2N5O8/c1-27(2)34(26-44(56)63-3)47(58)52-21-7-10-41(52)46(57)51-38-18-16-32(23-43(38)55(61)62)40-20-19-39(31-15-17-35(48)42(22-31)54(59)60)53(40)33-24-36(49)45(37(50)25-33)30-13-11-29(12-14-30)28-8-5-4-6-9-28/h4-6,8-9,15-18,22-25,27,29-30,34,39-41H,7,10-14,19-21,26H2,1-3H3,(H,51,57)/t29?,30?,34-,39+,40+,41-/m0/s1. The van der Waals surface area contributed by atoms with Crippen LogP contribution >= 0.6 is 11.6 Å². The fourth-order valence-corrected chi connectivity index (χ4v) is 10.1. The SMILES string of the molecule is COC(=O)C[C@H](C(=O)N1CCC[C@H]1C(=O)Nc1ccc([C@H]2CC[C@H](c3ccc(Cl)c([N+](=O)[O-])c3)N2c2cc(F)c(C3CCC(c4ccccc4)CC3)c(F)c2)cc1[N+](=O)[O-])C(C)C. The Morgan fingerprint density at radius 3 is 1.97 bits per heavy atom. The second-order valence-corrected chi connectivity index (χ2v) is 17.5. The maximum Gasteiger partial charge on any atom is 0.306 e. The van der Waals surface area contributed by atoms with Gasteiger partial charge < -0.3 is 19.9 Å². The van der Waals surface area contributed by atoms with Crippen LogP contribution in [-0.4, -0.2) is 52.2 Å². The minimum Gasteiger partial charge on any atom is -0.469 e. The third kappa shape index (κ3) is 9.53. The molecule has 7 rings (SSSR count).